The lowest BCUT2D eigenvalue weighted by Gasteiger charge is -2.40. The zero-order valence-electron chi connectivity index (χ0n) is 26.0. The van der Waals surface area contributed by atoms with Crippen LogP contribution < -0.4 is 10.3 Å². The van der Waals surface area contributed by atoms with Gasteiger partial charge in [-0.2, -0.15) is 0 Å². The molecule has 240 valence electrons. The molecule has 7 nitrogen and oxygen atoms in total. The topological polar surface area (TPSA) is 75.0 Å². The number of benzene rings is 4. The molecule has 47 heavy (non-hydrogen) atoms. The van der Waals surface area contributed by atoms with Crippen molar-refractivity contribution in [3.05, 3.63) is 141 Å². The molecule has 1 aromatic heterocycles. The number of para-hydroxylation sites is 1. The van der Waals surface area contributed by atoms with Gasteiger partial charge in [0.1, 0.15) is 5.82 Å². The van der Waals surface area contributed by atoms with Gasteiger partial charge in [-0.05, 0) is 79.4 Å². The molecule has 0 bridgehead atoms. The predicted molar refractivity (Wildman–Crippen MR) is 181 cm³/mol. The molecule has 0 radical (unpaired) electrons. The monoisotopic (exact) mass is 651 g/mol. The lowest BCUT2D eigenvalue weighted by molar-refractivity contribution is 0.0902. The largest absolute Gasteiger partial charge is 0.511 e. The number of halogens is 2. The Bertz CT molecular complexity index is 1990. The number of ether oxygens (including phenoxy) is 1. The van der Waals surface area contributed by atoms with Gasteiger partial charge in [-0.3, -0.25) is 19.2 Å². The lowest BCUT2D eigenvalue weighted by atomic mass is 9.93. The summed E-state index contributed by atoms with van der Waals surface area (Å²) in [7, 11) is 2.18. The van der Waals surface area contributed by atoms with Crippen LogP contribution in [0.15, 0.2) is 102 Å². The SMILES string of the molecule is CN(C1CCN(Cc2c(OC(=O)O)c3ccccc3c(=O)n2-c2ccccc2)CC1)C1CC(c2ccc(F)cc2)c2c(Cl)cccc21. The van der Waals surface area contributed by atoms with Gasteiger partial charge in [0.2, 0.25) is 0 Å². The van der Waals surface area contributed by atoms with Crippen LogP contribution >= 0.6 is 11.6 Å². The number of nitrogens with zero attached hydrogens (tertiary/aromatic N) is 3. The molecule has 1 aliphatic carbocycles. The van der Waals surface area contributed by atoms with E-state index in [1.807, 2.05) is 54.6 Å². The Labute approximate surface area is 277 Å². The first-order chi connectivity index (χ1) is 22.8. The Hall–Kier alpha value is -4.50. The summed E-state index contributed by atoms with van der Waals surface area (Å²) in [6.45, 7) is 1.87. The van der Waals surface area contributed by atoms with Crippen molar-refractivity contribution in [2.24, 2.45) is 0 Å². The van der Waals surface area contributed by atoms with Crippen LogP contribution in [0.3, 0.4) is 0 Å². The predicted octanol–water partition coefficient (Wildman–Crippen LogP) is 8.01. The van der Waals surface area contributed by atoms with Gasteiger partial charge in [-0.15, -0.1) is 0 Å². The maximum absolute atomic E-state index is 13.9. The van der Waals surface area contributed by atoms with Crippen molar-refractivity contribution in [1.29, 1.82) is 0 Å². The molecule has 4 aromatic carbocycles. The standard InChI is InChI=1S/C38H35ClFN3O4/c1-41(33-22-31(24-14-16-25(40)17-15-24)35-30(33)12-7-13-32(35)39)26-18-20-42(21-19-26)23-34-36(47-38(45)46)28-10-5-6-11-29(28)37(44)43(34)27-8-3-2-4-9-27/h2-17,26,31,33H,18-23H2,1H3,(H,45,46). The second-order valence-corrected chi connectivity index (χ2v) is 12.8. The summed E-state index contributed by atoms with van der Waals surface area (Å²) in [5.41, 5.74) is 4.34. The molecule has 1 aliphatic heterocycles. The molecule has 0 saturated carbocycles. The molecule has 0 spiro atoms. The average molecular weight is 652 g/mol. The van der Waals surface area contributed by atoms with E-state index < -0.39 is 6.16 Å². The van der Waals surface area contributed by atoms with Crippen molar-refractivity contribution in [1.82, 2.24) is 14.4 Å². The molecule has 9 heteroatoms. The quantitative estimate of drug-likeness (QED) is 0.180. The molecule has 5 aromatic rings. The Kier molecular flexibility index (Phi) is 8.57. The van der Waals surface area contributed by atoms with E-state index in [1.165, 1.54) is 17.7 Å². The van der Waals surface area contributed by atoms with Crippen LogP contribution in [0.25, 0.3) is 16.5 Å². The minimum absolute atomic E-state index is 0.0853. The normalized spacial score (nSPS) is 18.5. The van der Waals surface area contributed by atoms with Crippen LogP contribution in [0.2, 0.25) is 5.02 Å². The second kappa shape index (κ2) is 13.0. The van der Waals surface area contributed by atoms with Gasteiger partial charge in [0, 0.05) is 53.7 Å². The summed E-state index contributed by atoms with van der Waals surface area (Å²) >= 11 is 6.78. The van der Waals surface area contributed by atoms with E-state index in [9.17, 15) is 19.1 Å². The van der Waals surface area contributed by atoms with Crippen molar-refractivity contribution in [3.63, 3.8) is 0 Å². The fraction of sp³-hybridized carbons (Fsp3) is 0.263. The van der Waals surface area contributed by atoms with E-state index in [0.717, 1.165) is 48.5 Å². The second-order valence-electron chi connectivity index (χ2n) is 12.4. The fourth-order valence-corrected chi connectivity index (χ4v) is 7.89. The molecule has 1 fully saturated rings. The van der Waals surface area contributed by atoms with Crippen molar-refractivity contribution >= 4 is 28.5 Å². The van der Waals surface area contributed by atoms with Gasteiger partial charge in [-0.25, -0.2) is 9.18 Å². The highest BCUT2D eigenvalue weighted by Gasteiger charge is 2.38. The third-order valence-electron chi connectivity index (χ3n) is 9.86. The number of carbonyl (C=O) groups is 1. The third-order valence-corrected chi connectivity index (χ3v) is 10.2. The summed E-state index contributed by atoms with van der Waals surface area (Å²) in [6, 6.07) is 29.6. The fourth-order valence-electron chi connectivity index (χ4n) is 7.58. The maximum atomic E-state index is 13.9. The Balaban J connectivity index is 1.15. The number of hydrogen-bond acceptors (Lipinski definition) is 5. The number of rotatable bonds is 7. The zero-order valence-corrected chi connectivity index (χ0v) is 26.7. The molecule has 1 saturated heterocycles. The van der Waals surface area contributed by atoms with Crippen molar-refractivity contribution in [3.8, 4) is 11.4 Å². The van der Waals surface area contributed by atoms with E-state index in [2.05, 4.69) is 22.9 Å². The summed E-state index contributed by atoms with van der Waals surface area (Å²) < 4.78 is 20.8. The first-order valence-corrected chi connectivity index (χ1v) is 16.3. The molecule has 2 aliphatic rings. The number of fused-ring (bicyclic) bond motifs is 2. The van der Waals surface area contributed by atoms with Crippen LogP contribution in [0.4, 0.5) is 9.18 Å². The number of hydrogen-bond donors (Lipinski definition) is 1. The van der Waals surface area contributed by atoms with Crippen LogP contribution in [0.5, 0.6) is 5.75 Å². The lowest BCUT2D eigenvalue weighted by Crippen LogP contribution is -2.44. The van der Waals surface area contributed by atoms with Gasteiger partial charge in [0.05, 0.1) is 11.1 Å². The first-order valence-electron chi connectivity index (χ1n) is 15.9. The third kappa shape index (κ3) is 5.93. The van der Waals surface area contributed by atoms with E-state index in [-0.39, 0.29) is 29.1 Å². The summed E-state index contributed by atoms with van der Waals surface area (Å²) in [5.74, 6) is 0.0156. The van der Waals surface area contributed by atoms with Crippen LogP contribution in [0.1, 0.15) is 53.6 Å². The van der Waals surface area contributed by atoms with Gasteiger partial charge in [-0.1, -0.05) is 72.3 Å². The van der Waals surface area contributed by atoms with Crippen molar-refractivity contribution in [2.45, 2.75) is 43.8 Å². The minimum atomic E-state index is -1.43. The van der Waals surface area contributed by atoms with E-state index in [0.29, 0.717) is 34.7 Å². The molecule has 2 atom stereocenters. The number of piperidine rings is 1. The highest BCUT2D eigenvalue weighted by molar-refractivity contribution is 6.31. The van der Waals surface area contributed by atoms with Crippen LogP contribution in [-0.4, -0.2) is 51.8 Å². The highest BCUT2D eigenvalue weighted by Crippen LogP contribution is 2.50. The Morgan fingerprint density at radius 2 is 1.62 bits per heavy atom. The smallest absolute Gasteiger partial charge is 0.449 e. The molecule has 2 unspecified atom stereocenters. The van der Waals surface area contributed by atoms with E-state index in [4.69, 9.17) is 16.3 Å². The summed E-state index contributed by atoms with van der Waals surface area (Å²) in [6.07, 6.45) is 1.22. The van der Waals surface area contributed by atoms with Gasteiger partial charge in [0.15, 0.2) is 5.75 Å². The summed E-state index contributed by atoms with van der Waals surface area (Å²) in [5, 5.41) is 11.3. The van der Waals surface area contributed by atoms with Crippen LogP contribution in [0, 0.1) is 5.82 Å². The number of pyridine rings is 1. The minimum Gasteiger partial charge on any atom is -0.449 e. The molecule has 1 N–H and O–H groups in total. The molecular weight excluding hydrogens is 617 g/mol. The van der Waals surface area contributed by atoms with E-state index >= 15 is 0 Å². The number of likely N-dealkylation sites (tertiary alicyclic amines) is 1. The maximum Gasteiger partial charge on any atom is 0.511 e. The highest BCUT2D eigenvalue weighted by atomic mass is 35.5. The summed E-state index contributed by atoms with van der Waals surface area (Å²) in [4.78, 5) is 30.5. The van der Waals surface area contributed by atoms with Gasteiger partial charge < -0.3 is 9.84 Å². The molecule has 7 rings (SSSR count). The average Bonchev–Trinajstić information content (AvgIpc) is 3.48. The van der Waals surface area contributed by atoms with Crippen molar-refractivity contribution < 1.29 is 19.0 Å². The van der Waals surface area contributed by atoms with Gasteiger partial charge >= 0.3 is 6.16 Å². The molecule has 2 heterocycles. The first kappa shape index (κ1) is 31.1. The zero-order chi connectivity index (χ0) is 32.7. The van der Waals surface area contributed by atoms with Gasteiger partial charge in [0.25, 0.3) is 5.56 Å². The molecule has 0 amide bonds. The Morgan fingerprint density at radius 3 is 2.32 bits per heavy atom. The Morgan fingerprint density at radius 1 is 0.936 bits per heavy atom. The van der Waals surface area contributed by atoms with Crippen LogP contribution in [-0.2, 0) is 6.54 Å². The van der Waals surface area contributed by atoms with Crippen molar-refractivity contribution in [2.75, 3.05) is 20.1 Å². The number of carboxylic acid groups (broad SMARTS) is 1. The van der Waals surface area contributed by atoms with E-state index in [1.54, 1.807) is 28.8 Å². The molecular formula is C38H35ClFN3O4. The number of aromatic nitrogens is 1.